The monoisotopic (exact) mass is 380 g/mol. The molecule has 3 heterocycles. The zero-order valence-corrected chi connectivity index (χ0v) is 15.6. The molecule has 2 atom stereocenters. The van der Waals surface area contributed by atoms with Crippen molar-refractivity contribution in [3.05, 3.63) is 54.5 Å². The second-order valence-electron chi connectivity index (χ2n) is 7.43. The normalized spacial score (nSPS) is 23.0. The van der Waals surface area contributed by atoms with Crippen LogP contribution >= 0.6 is 0 Å². The van der Waals surface area contributed by atoms with Gasteiger partial charge in [0.05, 0.1) is 12.2 Å². The van der Waals surface area contributed by atoms with Crippen molar-refractivity contribution in [3.8, 4) is 0 Å². The fraction of sp³-hybridized carbons (Fsp3) is 0.429. The van der Waals surface area contributed by atoms with E-state index in [2.05, 4.69) is 14.9 Å². The van der Waals surface area contributed by atoms with Crippen molar-refractivity contribution >= 4 is 17.7 Å². The van der Waals surface area contributed by atoms with Crippen LogP contribution in [-0.2, 0) is 9.59 Å². The molecule has 2 aromatic rings. The van der Waals surface area contributed by atoms with Crippen molar-refractivity contribution in [3.63, 3.8) is 0 Å². The van der Waals surface area contributed by atoms with Crippen molar-refractivity contribution in [1.82, 2.24) is 14.9 Å². The Bertz CT molecular complexity index is 822. The molecular formula is C21H24N4O3. The van der Waals surface area contributed by atoms with Gasteiger partial charge in [-0.1, -0.05) is 30.3 Å². The number of hydrogen-bond acceptors (Lipinski definition) is 5. The van der Waals surface area contributed by atoms with Crippen LogP contribution in [0.5, 0.6) is 0 Å². The van der Waals surface area contributed by atoms with E-state index in [9.17, 15) is 14.7 Å². The van der Waals surface area contributed by atoms with Gasteiger partial charge in [-0.2, -0.15) is 0 Å². The Hall–Kier alpha value is -2.96. The molecular weight excluding hydrogens is 356 g/mol. The van der Waals surface area contributed by atoms with Crippen LogP contribution in [0.1, 0.15) is 37.3 Å². The molecule has 1 aromatic heterocycles. The van der Waals surface area contributed by atoms with Gasteiger partial charge in [-0.25, -0.2) is 9.78 Å². The maximum atomic E-state index is 13.4. The maximum absolute atomic E-state index is 13.4. The number of hydrogen-bond donors (Lipinski definition) is 1. The standard InChI is InChI=1S/C21H24N4O3/c26-20(16-8-12-24(13-9-16)19-14-22-10-11-23-19)25-17(6-7-18(25)21(27)28)15-4-2-1-3-5-15/h1-5,10-11,14,16-18H,6-9,12-13H2,(H,27,28)/t17-,18?/m0/s1. The lowest BCUT2D eigenvalue weighted by atomic mass is 9.94. The van der Waals surface area contributed by atoms with Crippen molar-refractivity contribution in [2.75, 3.05) is 18.0 Å². The first-order valence-corrected chi connectivity index (χ1v) is 9.76. The quantitative estimate of drug-likeness (QED) is 0.877. The summed E-state index contributed by atoms with van der Waals surface area (Å²) in [5, 5.41) is 9.67. The first-order chi connectivity index (χ1) is 13.6. The lowest BCUT2D eigenvalue weighted by Crippen LogP contribution is -2.47. The Kier molecular flexibility index (Phi) is 5.23. The number of aromatic nitrogens is 2. The van der Waals surface area contributed by atoms with E-state index in [1.54, 1.807) is 23.5 Å². The summed E-state index contributed by atoms with van der Waals surface area (Å²) >= 11 is 0. The lowest BCUT2D eigenvalue weighted by Gasteiger charge is -2.36. The van der Waals surface area contributed by atoms with Crippen molar-refractivity contribution < 1.29 is 14.7 Å². The average Bonchev–Trinajstić information content (AvgIpc) is 3.20. The van der Waals surface area contributed by atoms with Crippen LogP contribution in [-0.4, -0.2) is 51.0 Å². The summed E-state index contributed by atoms with van der Waals surface area (Å²) in [4.78, 5) is 37.4. The van der Waals surface area contributed by atoms with Gasteiger partial charge in [-0.3, -0.25) is 9.78 Å². The van der Waals surface area contributed by atoms with E-state index in [0.717, 1.165) is 24.5 Å². The zero-order chi connectivity index (χ0) is 19.5. The number of likely N-dealkylation sites (tertiary alicyclic amines) is 1. The van der Waals surface area contributed by atoms with Crippen molar-refractivity contribution in [2.45, 2.75) is 37.8 Å². The van der Waals surface area contributed by atoms with E-state index in [-0.39, 0.29) is 17.9 Å². The first kappa shape index (κ1) is 18.4. The van der Waals surface area contributed by atoms with Crippen molar-refractivity contribution in [1.29, 1.82) is 0 Å². The molecule has 2 saturated heterocycles. The third-order valence-corrected chi connectivity index (χ3v) is 5.83. The Labute approximate surface area is 164 Å². The summed E-state index contributed by atoms with van der Waals surface area (Å²) in [6.07, 6.45) is 7.61. The molecule has 0 spiro atoms. The van der Waals surface area contributed by atoms with Gasteiger partial charge >= 0.3 is 5.97 Å². The Morgan fingerprint density at radius 3 is 2.39 bits per heavy atom. The minimum absolute atomic E-state index is 0.0300. The molecule has 28 heavy (non-hydrogen) atoms. The summed E-state index contributed by atoms with van der Waals surface area (Å²) < 4.78 is 0. The van der Waals surface area contributed by atoms with Gasteiger partial charge in [0.25, 0.3) is 0 Å². The number of nitrogens with zero attached hydrogens (tertiary/aromatic N) is 4. The highest BCUT2D eigenvalue weighted by Crippen LogP contribution is 2.38. The fourth-order valence-corrected chi connectivity index (χ4v) is 4.38. The number of aliphatic carboxylic acids is 1. The van der Waals surface area contributed by atoms with Crippen LogP contribution in [0.2, 0.25) is 0 Å². The van der Waals surface area contributed by atoms with Crippen molar-refractivity contribution in [2.24, 2.45) is 5.92 Å². The smallest absolute Gasteiger partial charge is 0.326 e. The predicted octanol–water partition coefficient (Wildman–Crippen LogP) is 2.51. The van der Waals surface area contributed by atoms with Crippen LogP contribution in [0.3, 0.4) is 0 Å². The number of amides is 1. The van der Waals surface area contributed by atoms with E-state index < -0.39 is 12.0 Å². The number of carboxylic acids is 1. The van der Waals surface area contributed by atoms with E-state index >= 15 is 0 Å². The summed E-state index contributed by atoms with van der Waals surface area (Å²) in [7, 11) is 0. The highest BCUT2D eigenvalue weighted by atomic mass is 16.4. The molecule has 2 fully saturated rings. The Balaban J connectivity index is 1.49. The summed E-state index contributed by atoms with van der Waals surface area (Å²) in [6, 6.07) is 8.86. The molecule has 7 heteroatoms. The van der Waals surface area contributed by atoms with Gasteiger partial charge in [-0.05, 0) is 31.2 Å². The van der Waals surface area contributed by atoms with E-state index in [1.807, 2.05) is 30.3 Å². The van der Waals surface area contributed by atoms with Gasteiger partial charge in [0.15, 0.2) is 0 Å². The molecule has 0 aliphatic carbocycles. The molecule has 1 N–H and O–H groups in total. The molecule has 0 bridgehead atoms. The largest absolute Gasteiger partial charge is 0.480 e. The minimum atomic E-state index is -0.913. The number of carbonyl (C=O) groups is 2. The number of carboxylic acid groups (broad SMARTS) is 1. The molecule has 1 unspecified atom stereocenters. The van der Waals surface area contributed by atoms with Gasteiger partial charge in [0, 0.05) is 31.4 Å². The number of rotatable bonds is 4. The second-order valence-corrected chi connectivity index (χ2v) is 7.43. The molecule has 4 rings (SSSR count). The fourth-order valence-electron chi connectivity index (χ4n) is 4.38. The molecule has 146 valence electrons. The number of carbonyl (C=O) groups excluding carboxylic acids is 1. The second kappa shape index (κ2) is 7.96. The van der Waals surface area contributed by atoms with E-state index in [4.69, 9.17) is 0 Å². The number of anilines is 1. The topological polar surface area (TPSA) is 86.6 Å². The third-order valence-electron chi connectivity index (χ3n) is 5.83. The van der Waals surface area contributed by atoms with Gasteiger partial charge in [0.1, 0.15) is 11.9 Å². The maximum Gasteiger partial charge on any atom is 0.326 e. The molecule has 2 aliphatic heterocycles. The molecule has 1 aromatic carbocycles. The highest BCUT2D eigenvalue weighted by Gasteiger charge is 2.44. The van der Waals surface area contributed by atoms with Crippen LogP contribution in [0.15, 0.2) is 48.9 Å². The molecule has 2 aliphatic rings. The van der Waals surface area contributed by atoms with Gasteiger partial charge in [0.2, 0.25) is 5.91 Å². The van der Waals surface area contributed by atoms with Crippen LogP contribution in [0, 0.1) is 5.92 Å². The number of benzene rings is 1. The summed E-state index contributed by atoms with van der Waals surface area (Å²) in [5.41, 5.74) is 1.01. The third kappa shape index (κ3) is 3.56. The molecule has 7 nitrogen and oxygen atoms in total. The molecule has 0 radical (unpaired) electrons. The minimum Gasteiger partial charge on any atom is -0.480 e. The highest BCUT2D eigenvalue weighted by molar-refractivity contribution is 5.86. The lowest BCUT2D eigenvalue weighted by molar-refractivity contribution is -0.152. The summed E-state index contributed by atoms with van der Waals surface area (Å²) in [5.74, 6) is -0.277. The van der Waals surface area contributed by atoms with E-state index in [0.29, 0.717) is 25.7 Å². The molecule has 1 amide bonds. The first-order valence-electron chi connectivity index (χ1n) is 9.76. The average molecular weight is 380 g/mol. The Morgan fingerprint density at radius 2 is 1.75 bits per heavy atom. The number of piperidine rings is 1. The zero-order valence-electron chi connectivity index (χ0n) is 15.6. The van der Waals surface area contributed by atoms with Crippen LogP contribution in [0.25, 0.3) is 0 Å². The Morgan fingerprint density at radius 1 is 1.00 bits per heavy atom. The van der Waals surface area contributed by atoms with Gasteiger partial charge in [-0.15, -0.1) is 0 Å². The molecule has 0 saturated carbocycles. The predicted molar refractivity (Wildman–Crippen MR) is 104 cm³/mol. The SMILES string of the molecule is O=C(O)C1CC[C@@H](c2ccccc2)N1C(=O)C1CCN(c2cnccn2)CC1. The van der Waals surface area contributed by atoms with Crippen LogP contribution < -0.4 is 4.90 Å². The van der Waals surface area contributed by atoms with E-state index in [1.165, 1.54) is 0 Å². The summed E-state index contributed by atoms with van der Waals surface area (Å²) in [6.45, 7) is 1.44. The van der Waals surface area contributed by atoms with Crippen LogP contribution in [0.4, 0.5) is 5.82 Å². The van der Waals surface area contributed by atoms with Gasteiger partial charge < -0.3 is 14.9 Å².